The maximum absolute atomic E-state index is 11.7. The van der Waals surface area contributed by atoms with E-state index < -0.39 is 15.4 Å². The molecule has 2 aliphatic carbocycles. The Labute approximate surface area is 111 Å². The van der Waals surface area contributed by atoms with Crippen LogP contribution in [0.15, 0.2) is 0 Å². The molecular weight excluding hydrogens is 248 g/mol. The Hall–Kier alpha value is -0.0900. The fourth-order valence-electron chi connectivity index (χ4n) is 3.55. The zero-order chi connectivity index (χ0) is 13.4. The standard InChI is InChI=1S/C14H26O3S/c1-14(15,10-11-5-3-6-11)12-7-4-8-13(9-12)18(2,16)17/h11-13,15H,3-10H2,1-2H3. The van der Waals surface area contributed by atoms with Crippen molar-refractivity contribution in [1.82, 2.24) is 0 Å². The lowest BCUT2D eigenvalue weighted by Gasteiger charge is -2.41. The second-order valence-electron chi connectivity index (χ2n) is 6.67. The Balaban J connectivity index is 1.98. The van der Waals surface area contributed by atoms with Crippen LogP contribution in [0.5, 0.6) is 0 Å². The van der Waals surface area contributed by atoms with Crippen LogP contribution >= 0.6 is 0 Å². The Morgan fingerprint density at radius 1 is 1.17 bits per heavy atom. The monoisotopic (exact) mass is 274 g/mol. The minimum absolute atomic E-state index is 0.159. The first kappa shape index (κ1) is 14.3. The van der Waals surface area contributed by atoms with Gasteiger partial charge >= 0.3 is 0 Å². The predicted octanol–water partition coefficient (Wildman–Crippen LogP) is 2.53. The Morgan fingerprint density at radius 3 is 2.28 bits per heavy atom. The molecule has 0 aliphatic heterocycles. The van der Waals surface area contributed by atoms with E-state index in [1.807, 2.05) is 6.92 Å². The lowest BCUT2D eigenvalue weighted by atomic mass is 9.70. The lowest BCUT2D eigenvalue weighted by molar-refractivity contribution is -0.0438. The van der Waals surface area contributed by atoms with Gasteiger partial charge in [-0.2, -0.15) is 0 Å². The lowest BCUT2D eigenvalue weighted by Crippen LogP contribution is -2.42. The number of hydrogen-bond acceptors (Lipinski definition) is 3. The molecule has 0 bridgehead atoms. The van der Waals surface area contributed by atoms with Gasteiger partial charge in [-0.05, 0) is 44.4 Å². The van der Waals surface area contributed by atoms with Gasteiger partial charge < -0.3 is 5.11 Å². The average Bonchev–Trinajstić information content (AvgIpc) is 2.23. The van der Waals surface area contributed by atoms with Crippen LogP contribution in [0.4, 0.5) is 0 Å². The van der Waals surface area contributed by atoms with E-state index in [1.165, 1.54) is 25.5 Å². The third kappa shape index (κ3) is 3.27. The third-order valence-corrected chi connectivity index (χ3v) is 6.68. The van der Waals surface area contributed by atoms with E-state index in [4.69, 9.17) is 0 Å². The molecule has 0 heterocycles. The maximum Gasteiger partial charge on any atom is 0.150 e. The van der Waals surface area contributed by atoms with Gasteiger partial charge in [-0.1, -0.05) is 25.7 Å². The van der Waals surface area contributed by atoms with Crippen molar-refractivity contribution < 1.29 is 13.5 Å². The van der Waals surface area contributed by atoms with Gasteiger partial charge in [0.25, 0.3) is 0 Å². The van der Waals surface area contributed by atoms with E-state index in [1.54, 1.807) is 0 Å². The topological polar surface area (TPSA) is 54.4 Å². The van der Waals surface area contributed by atoms with E-state index in [-0.39, 0.29) is 11.2 Å². The average molecular weight is 274 g/mol. The van der Waals surface area contributed by atoms with Crippen molar-refractivity contribution in [2.45, 2.75) is 69.1 Å². The molecule has 4 heteroatoms. The Morgan fingerprint density at radius 2 is 1.78 bits per heavy atom. The van der Waals surface area contributed by atoms with E-state index >= 15 is 0 Å². The van der Waals surface area contributed by atoms with Gasteiger partial charge in [0.1, 0.15) is 9.84 Å². The van der Waals surface area contributed by atoms with Crippen molar-refractivity contribution in [2.24, 2.45) is 11.8 Å². The van der Waals surface area contributed by atoms with Crippen molar-refractivity contribution in [3.05, 3.63) is 0 Å². The van der Waals surface area contributed by atoms with Crippen LogP contribution in [0.3, 0.4) is 0 Å². The quantitative estimate of drug-likeness (QED) is 0.857. The summed E-state index contributed by atoms with van der Waals surface area (Å²) in [7, 11) is -2.95. The third-order valence-electron chi connectivity index (χ3n) is 5.04. The summed E-state index contributed by atoms with van der Waals surface area (Å²) >= 11 is 0. The van der Waals surface area contributed by atoms with Crippen molar-refractivity contribution >= 4 is 9.84 Å². The molecule has 0 aromatic heterocycles. The summed E-state index contributed by atoms with van der Waals surface area (Å²) in [6.07, 6.45) is 9.28. The molecule has 106 valence electrons. The highest BCUT2D eigenvalue weighted by Crippen LogP contribution is 2.42. The molecule has 2 saturated carbocycles. The maximum atomic E-state index is 11.7. The highest BCUT2D eigenvalue weighted by Gasteiger charge is 2.40. The van der Waals surface area contributed by atoms with Crippen molar-refractivity contribution in [3.63, 3.8) is 0 Å². The fourth-order valence-corrected chi connectivity index (χ4v) is 4.72. The van der Waals surface area contributed by atoms with Gasteiger partial charge in [0, 0.05) is 6.26 Å². The van der Waals surface area contributed by atoms with Gasteiger partial charge in [-0.3, -0.25) is 0 Å². The molecule has 0 aromatic carbocycles. The van der Waals surface area contributed by atoms with Gasteiger partial charge in [-0.15, -0.1) is 0 Å². The molecule has 0 radical (unpaired) electrons. The molecule has 2 aliphatic rings. The number of hydrogen-bond donors (Lipinski definition) is 1. The molecule has 2 rings (SSSR count). The van der Waals surface area contributed by atoms with Crippen LogP contribution in [0.25, 0.3) is 0 Å². The molecule has 0 spiro atoms. The smallest absolute Gasteiger partial charge is 0.150 e. The highest BCUT2D eigenvalue weighted by molar-refractivity contribution is 7.91. The largest absolute Gasteiger partial charge is 0.390 e. The predicted molar refractivity (Wildman–Crippen MR) is 73.2 cm³/mol. The zero-order valence-corrected chi connectivity index (χ0v) is 12.4. The summed E-state index contributed by atoms with van der Waals surface area (Å²) in [5.41, 5.74) is -0.672. The Kier molecular flexibility index (Phi) is 4.07. The Bertz CT molecular complexity index is 382. The summed E-state index contributed by atoms with van der Waals surface area (Å²) in [5, 5.41) is 10.4. The SMILES string of the molecule is CC(O)(CC1CCC1)C1CCCC(S(C)(=O)=O)C1. The van der Waals surface area contributed by atoms with Crippen LogP contribution < -0.4 is 0 Å². The number of aliphatic hydroxyl groups is 1. The minimum Gasteiger partial charge on any atom is -0.390 e. The van der Waals surface area contributed by atoms with Crippen LogP contribution in [0, 0.1) is 11.8 Å². The van der Waals surface area contributed by atoms with Crippen molar-refractivity contribution in [3.8, 4) is 0 Å². The molecule has 2 fully saturated rings. The highest BCUT2D eigenvalue weighted by atomic mass is 32.2. The summed E-state index contributed by atoms with van der Waals surface area (Å²) < 4.78 is 23.3. The molecular formula is C14H26O3S. The molecule has 3 nitrogen and oxygen atoms in total. The summed E-state index contributed by atoms with van der Waals surface area (Å²) in [6, 6.07) is 0. The van der Waals surface area contributed by atoms with Gasteiger partial charge in [-0.25, -0.2) is 8.42 Å². The fraction of sp³-hybridized carbons (Fsp3) is 1.00. The van der Waals surface area contributed by atoms with Gasteiger partial charge in [0.05, 0.1) is 10.9 Å². The van der Waals surface area contributed by atoms with Crippen molar-refractivity contribution in [1.29, 1.82) is 0 Å². The van der Waals surface area contributed by atoms with Crippen molar-refractivity contribution in [2.75, 3.05) is 6.26 Å². The first-order valence-corrected chi connectivity index (χ1v) is 9.16. The van der Waals surface area contributed by atoms with Crippen LogP contribution in [-0.2, 0) is 9.84 Å². The molecule has 18 heavy (non-hydrogen) atoms. The normalized spacial score (nSPS) is 33.7. The van der Waals surface area contributed by atoms with E-state index in [9.17, 15) is 13.5 Å². The van der Waals surface area contributed by atoms with E-state index in [0.717, 1.165) is 25.7 Å². The molecule has 0 amide bonds. The van der Waals surface area contributed by atoms with Gasteiger partial charge in [0.2, 0.25) is 0 Å². The summed E-state index contributed by atoms with van der Waals surface area (Å²) in [4.78, 5) is 0. The molecule has 3 unspecified atom stereocenters. The second-order valence-corrected chi connectivity index (χ2v) is 9.00. The van der Waals surface area contributed by atoms with E-state index in [2.05, 4.69) is 0 Å². The second kappa shape index (κ2) is 5.12. The van der Waals surface area contributed by atoms with Crippen LogP contribution in [0.1, 0.15) is 58.3 Å². The number of sulfone groups is 1. The van der Waals surface area contributed by atoms with Gasteiger partial charge in [0.15, 0.2) is 0 Å². The zero-order valence-electron chi connectivity index (χ0n) is 11.6. The number of rotatable bonds is 4. The molecule has 3 atom stereocenters. The summed E-state index contributed by atoms with van der Waals surface area (Å²) in [5.74, 6) is 0.824. The first-order valence-electron chi connectivity index (χ1n) is 7.20. The molecule has 0 aromatic rings. The van der Waals surface area contributed by atoms with Crippen LogP contribution in [-0.4, -0.2) is 30.6 Å². The molecule has 0 saturated heterocycles. The first-order chi connectivity index (χ1) is 8.29. The minimum atomic E-state index is -2.95. The molecule has 1 N–H and O–H groups in total. The van der Waals surface area contributed by atoms with E-state index in [0.29, 0.717) is 12.3 Å². The van der Waals surface area contributed by atoms with Crippen LogP contribution in [0.2, 0.25) is 0 Å². The summed E-state index contributed by atoms with van der Waals surface area (Å²) in [6.45, 7) is 1.92.